The molecular weight excluding hydrogens is 302 g/mol. The van der Waals surface area contributed by atoms with Crippen LogP contribution in [0.2, 0.25) is 0 Å². The number of rotatable bonds is 17. The van der Waals surface area contributed by atoms with Gasteiger partial charge in [-0.05, 0) is 31.6 Å². The van der Waals surface area contributed by atoms with E-state index in [-0.39, 0.29) is 12.4 Å². The summed E-state index contributed by atoms with van der Waals surface area (Å²) in [6.45, 7) is 9.75. The average Bonchev–Trinajstić information content (AvgIpc) is 2.48. The third kappa shape index (κ3) is 22.2. The Morgan fingerprint density at radius 3 is 1.43 bits per heavy atom. The highest BCUT2D eigenvalue weighted by molar-refractivity contribution is 4.48. The summed E-state index contributed by atoms with van der Waals surface area (Å²) in [7, 11) is 2.39. The fraction of sp³-hybridized carbons (Fsp3) is 1.00. The molecule has 142 valence electrons. The van der Waals surface area contributed by atoms with Crippen LogP contribution in [0.1, 0.15) is 111 Å². The van der Waals surface area contributed by atoms with Gasteiger partial charge >= 0.3 is 0 Å². The smallest absolute Gasteiger partial charge is 0.0768 e. The maximum atomic E-state index is 2.39. The maximum Gasteiger partial charge on any atom is 0.0768 e. The summed E-state index contributed by atoms with van der Waals surface area (Å²) in [5.74, 6) is 0.889. The van der Waals surface area contributed by atoms with Gasteiger partial charge in [0.15, 0.2) is 0 Å². The monoisotopic (exact) mass is 347 g/mol. The minimum Gasteiger partial charge on any atom is -1.00 e. The maximum absolute atomic E-state index is 2.39. The molecule has 0 aromatic heterocycles. The fourth-order valence-electron chi connectivity index (χ4n) is 3.20. The lowest BCUT2D eigenvalue weighted by Gasteiger charge is -2.14. The summed E-state index contributed by atoms with van der Waals surface area (Å²) in [6, 6.07) is 0. The highest BCUT2D eigenvalue weighted by Crippen LogP contribution is 2.09. The Kier molecular flexibility index (Phi) is 22.5. The first-order valence-electron chi connectivity index (χ1n) is 10.5. The molecule has 0 aromatic rings. The zero-order valence-corrected chi connectivity index (χ0v) is 17.5. The first-order valence-corrected chi connectivity index (χ1v) is 10.5. The predicted molar refractivity (Wildman–Crippen MR) is 102 cm³/mol. The Labute approximate surface area is 154 Å². The van der Waals surface area contributed by atoms with Gasteiger partial charge in [0.1, 0.15) is 0 Å². The van der Waals surface area contributed by atoms with Crippen LogP contribution in [0.15, 0.2) is 0 Å². The van der Waals surface area contributed by atoms with Crippen molar-refractivity contribution < 1.29 is 17.3 Å². The van der Waals surface area contributed by atoms with E-state index in [9.17, 15) is 0 Å². The van der Waals surface area contributed by atoms with Gasteiger partial charge in [-0.25, -0.2) is 0 Å². The topological polar surface area (TPSA) is 4.44 Å². The van der Waals surface area contributed by atoms with E-state index in [1.165, 1.54) is 103 Å². The molecule has 0 fully saturated rings. The Bertz CT molecular complexity index is 206. The van der Waals surface area contributed by atoms with Gasteiger partial charge in [-0.15, -0.1) is 0 Å². The molecule has 0 aliphatic rings. The molecule has 0 spiro atoms. The lowest BCUT2D eigenvalue weighted by molar-refractivity contribution is -0.880. The summed E-state index contributed by atoms with van der Waals surface area (Å²) in [6.07, 6.45) is 20.2. The number of quaternary nitrogens is 1. The van der Waals surface area contributed by atoms with Crippen molar-refractivity contribution in [2.45, 2.75) is 111 Å². The van der Waals surface area contributed by atoms with Gasteiger partial charge in [0.2, 0.25) is 0 Å². The third-order valence-corrected chi connectivity index (χ3v) is 4.84. The average molecular weight is 348 g/mol. The largest absolute Gasteiger partial charge is 1.00 e. The van der Waals surface area contributed by atoms with E-state index in [0.29, 0.717) is 0 Å². The van der Waals surface area contributed by atoms with Crippen molar-refractivity contribution in [1.82, 2.24) is 0 Å². The van der Waals surface area contributed by atoms with Crippen LogP contribution in [0.25, 0.3) is 0 Å². The normalized spacial score (nSPS) is 12.4. The lowest BCUT2D eigenvalue weighted by atomic mass is 10.0. The van der Waals surface area contributed by atoms with Crippen LogP contribution in [-0.4, -0.2) is 20.1 Å². The molecule has 0 aliphatic heterocycles. The van der Waals surface area contributed by atoms with Gasteiger partial charge in [-0.2, -0.15) is 0 Å². The van der Waals surface area contributed by atoms with Gasteiger partial charge in [-0.1, -0.05) is 85.0 Å². The van der Waals surface area contributed by atoms with Crippen molar-refractivity contribution in [1.29, 1.82) is 0 Å². The molecule has 0 aliphatic carbocycles. The van der Waals surface area contributed by atoms with E-state index in [1.807, 2.05) is 0 Å². The van der Waals surface area contributed by atoms with E-state index >= 15 is 0 Å². The molecule has 23 heavy (non-hydrogen) atoms. The first-order chi connectivity index (χ1) is 10.7. The van der Waals surface area contributed by atoms with Crippen LogP contribution in [-0.2, 0) is 0 Å². The van der Waals surface area contributed by atoms with Gasteiger partial charge < -0.3 is 17.3 Å². The molecule has 2 heteroatoms. The van der Waals surface area contributed by atoms with Crippen molar-refractivity contribution in [3.05, 3.63) is 0 Å². The van der Waals surface area contributed by atoms with Crippen molar-refractivity contribution in [2.75, 3.05) is 20.1 Å². The molecule has 0 saturated carbocycles. The SMILES string of the molecule is CCCCCCCCCCC[NH+](C)CCCCCCC(C)C.[Cl-]. The van der Waals surface area contributed by atoms with Gasteiger partial charge in [0.05, 0.1) is 20.1 Å². The van der Waals surface area contributed by atoms with Crippen molar-refractivity contribution >= 4 is 0 Å². The molecule has 0 bridgehead atoms. The Morgan fingerprint density at radius 1 is 0.609 bits per heavy atom. The molecule has 0 heterocycles. The highest BCUT2D eigenvalue weighted by atomic mass is 35.5. The minimum absolute atomic E-state index is 0. The Morgan fingerprint density at radius 2 is 1.00 bits per heavy atom. The predicted octanol–water partition coefficient (Wildman–Crippen LogP) is 2.64. The van der Waals surface area contributed by atoms with Gasteiger partial charge in [0.25, 0.3) is 0 Å². The van der Waals surface area contributed by atoms with Crippen molar-refractivity contribution in [3.63, 3.8) is 0 Å². The molecule has 1 nitrogen and oxygen atoms in total. The van der Waals surface area contributed by atoms with Gasteiger partial charge in [-0.3, -0.25) is 0 Å². The quantitative estimate of drug-likeness (QED) is 0.386. The number of hydrogen-bond acceptors (Lipinski definition) is 0. The number of nitrogens with one attached hydrogen (secondary N) is 1. The van der Waals surface area contributed by atoms with E-state index in [4.69, 9.17) is 0 Å². The fourth-order valence-corrected chi connectivity index (χ4v) is 3.20. The number of hydrogen-bond donors (Lipinski definition) is 1. The van der Waals surface area contributed by atoms with E-state index < -0.39 is 0 Å². The van der Waals surface area contributed by atoms with Crippen LogP contribution in [0.4, 0.5) is 0 Å². The van der Waals surface area contributed by atoms with E-state index in [0.717, 1.165) is 5.92 Å². The minimum atomic E-state index is 0. The van der Waals surface area contributed by atoms with Gasteiger partial charge in [0, 0.05) is 0 Å². The van der Waals surface area contributed by atoms with Crippen LogP contribution in [0.3, 0.4) is 0 Å². The summed E-state index contributed by atoms with van der Waals surface area (Å²) in [4.78, 5) is 1.76. The summed E-state index contributed by atoms with van der Waals surface area (Å²) in [5, 5.41) is 0. The molecule has 0 aromatic carbocycles. The van der Waals surface area contributed by atoms with Crippen molar-refractivity contribution in [2.24, 2.45) is 5.92 Å². The summed E-state index contributed by atoms with van der Waals surface area (Å²) < 4.78 is 0. The Balaban J connectivity index is 0. The van der Waals surface area contributed by atoms with E-state index in [1.54, 1.807) is 4.90 Å². The van der Waals surface area contributed by atoms with E-state index in [2.05, 4.69) is 27.8 Å². The highest BCUT2D eigenvalue weighted by Gasteiger charge is 2.02. The number of unbranched alkanes of at least 4 members (excludes halogenated alkanes) is 11. The molecular formula is C21H46ClN. The van der Waals surface area contributed by atoms with Crippen LogP contribution < -0.4 is 17.3 Å². The second-order valence-electron chi connectivity index (χ2n) is 7.88. The van der Waals surface area contributed by atoms with Crippen LogP contribution in [0.5, 0.6) is 0 Å². The molecule has 0 amide bonds. The molecule has 1 unspecified atom stereocenters. The second-order valence-corrected chi connectivity index (χ2v) is 7.88. The lowest BCUT2D eigenvalue weighted by Crippen LogP contribution is -3.09. The first kappa shape index (κ1) is 25.5. The number of halogens is 1. The Hall–Kier alpha value is 0.250. The zero-order chi connectivity index (χ0) is 16.5. The second kappa shape index (κ2) is 20.3. The summed E-state index contributed by atoms with van der Waals surface area (Å²) in [5.41, 5.74) is 0. The molecule has 0 saturated heterocycles. The zero-order valence-electron chi connectivity index (χ0n) is 16.8. The van der Waals surface area contributed by atoms with Crippen molar-refractivity contribution in [3.8, 4) is 0 Å². The standard InChI is InChI=1S/C21H45N.ClH/c1-5-6-7-8-9-10-11-13-16-19-22(4)20-17-14-12-15-18-21(2)3;/h21H,5-20H2,1-4H3;1H. The third-order valence-electron chi connectivity index (χ3n) is 4.84. The summed E-state index contributed by atoms with van der Waals surface area (Å²) >= 11 is 0. The molecule has 1 atom stereocenters. The molecule has 0 radical (unpaired) electrons. The van der Waals surface area contributed by atoms with Crippen LogP contribution in [0, 0.1) is 5.92 Å². The molecule has 0 rings (SSSR count). The molecule has 1 N–H and O–H groups in total. The van der Waals surface area contributed by atoms with Crippen LogP contribution >= 0.6 is 0 Å².